The quantitative estimate of drug-likeness (QED) is 0.575. The van der Waals surface area contributed by atoms with Crippen molar-refractivity contribution in [2.24, 2.45) is 5.29 Å². The first-order valence-electron chi connectivity index (χ1n) is 5.68. The Labute approximate surface area is 95.3 Å². The van der Waals surface area contributed by atoms with Gasteiger partial charge in [-0.1, -0.05) is 19.3 Å². The van der Waals surface area contributed by atoms with E-state index in [0.29, 0.717) is 6.61 Å². The van der Waals surface area contributed by atoms with Crippen LogP contribution in [0.3, 0.4) is 0 Å². The number of ether oxygens (including phenoxy) is 1. The first-order valence-corrected chi connectivity index (χ1v) is 5.68. The molecule has 0 unspecified atom stereocenters. The third-order valence-electron chi connectivity index (χ3n) is 2.77. The van der Waals surface area contributed by atoms with Crippen LogP contribution in [0.4, 0.5) is 4.79 Å². The lowest BCUT2D eigenvalue weighted by molar-refractivity contribution is 0.147. The number of carbonyl (C=O) groups is 1. The smallest absolute Gasteiger partial charge is 0.340 e. The molecule has 2 amide bonds. The Morgan fingerprint density at radius 1 is 1.44 bits per heavy atom. The summed E-state index contributed by atoms with van der Waals surface area (Å²) in [4.78, 5) is 22.1. The molecule has 92 valence electrons. The summed E-state index contributed by atoms with van der Waals surface area (Å²) in [6, 6.07) is -0.230. The molecule has 0 aromatic rings. The lowest BCUT2D eigenvalue weighted by Crippen LogP contribution is -2.44. The molecular weight excluding hydrogens is 210 g/mol. The highest BCUT2D eigenvalue weighted by Gasteiger charge is 2.20. The molecule has 6 heteroatoms. The van der Waals surface area contributed by atoms with E-state index in [4.69, 9.17) is 4.74 Å². The zero-order valence-electron chi connectivity index (χ0n) is 9.65. The molecule has 6 nitrogen and oxygen atoms in total. The van der Waals surface area contributed by atoms with Crippen LogP contribution in [-0.2, 0) is 4.74 Å². The molecule has 16 heavy (non-hydrogen) atoms. The Bertz CT molecular complexity index is 229. The predicted octanol–water partition coefficient (Wildman–Crippen LogP) is 1.66. The van der Waals surface area contributed by atoms with Gasteiger partial charge < -0.3 is 10.1 Å². The lowest BCUT2D eigenvalue weighted by Gasteiger charge is -2.24. The predicted molar refractivity (Wildman–Crippen MR) is 59.8 cm³/mol. The van der Waals surface area contributed by atoms with Crippen molar-refractivity contribution in [2.45, 2.75) is 38.1 Å². The molecule has 0 heterocycles. The molecule has 1 N–H and O–H groups in total. The Kier molecular flexibility index (Phi) is 5.77. The zero-order valence-corrected chi connectivity index (χ0v) is 9.65. The number of methoxy groups -OCH3 is 1. The second-order valence-electron chi connectivity index (χ2n) is 3.98. The van der Waals surface area contributed by atoms with Crippen molar-refractivity contribution in [3.63, 3.8) is 0 Å². The second-order valence-corrected chi connectivity index (χ2v) is 3.98. The van der Waals surface area contributed by atoms with Gasteiger partial charge in [0.1, 0.15) is 0 Å². The number of carbonyl (C=O) groups excluding carboxylic acids is 1. The van der Waals surface area contributed by atoms with Crippen LogP contribution in [-0.4, -0.2) is 37.3 Å². The second kappa shape index (κ2) is 7.16. The largest absolute Gasteiger partial charge is 0.383 e. The van der Waals surface area contributed by atoms with Crippen molar-refractivity contribution >= 4 is 6.03 Å². The van der Waals surface area contributed by atoms with Gasteiger partial charge in [0.2, 0.25) is 0 Å². The summed E-state index contributed by atoms with van der Waals surface area (Å²) in [7, 11) is 1.52. The Morgan fingerprint density at radius 3 is 2.69 bits per heavy atom. The van der Waals surface area contributed by atoms with E-state index in [9.17, 15) is 9.70 Å². The molecule has 0 atom stereocenters. The van der Waals surface area contributed by atoms with E-state index in [1.807, 2.05) is 0 Å². The molecule has 0 spiro atoms. The van der Waals surface area contributed by atoms with Gasteiger partial charge in [-0.25, -0.2) is 4.79 Å². The first kappa shape index (κ1) is 12.9. The fourth-order valence-corrected chi connectivity index (χ4v) is 1.85. The van der Waals surface area contributed by atoms with Gasteiger partial charge >= 0.3 is 6.03 Å². The lowest BCUT2D eigenvalue weighted by atomic mass is 9.96. The van der Waals surface area contributed by atoms with E-state index in [-0.39, 0.29) is 12.6 Å². The standard InChI is InChI=1S/C10H19N3O3/c1-16-8-7-13(12-15)10(14)11-9-5-3-2-4-6-9/h9H,2-8H2,1H3,(H,11,14). The van der Waals surface area contributed by atoms with Gasteiger partial charge in [0, 0.05) is 13.2 Å². The van der Waals surface area contributed by atoms with Crippen molar-refractivity contribution in [1.82, 2.24) is 10.3 Å². The van der Waals surface area contributed by atoms with Gasteiger partial charge in [-0.05, 0) is 12.8 Å². The number of urea groups is 1. The molecule has 0 saturated heterocycles. The van der Waals surface area contributed by atoms with Gasteiger partial charge in [-0.3, -0.25) is 0 Å². The number of hydrogen-bond acceptors (Lipinski definition) is 4. The van der Waals surface area contributed by atoms with Crippen LogP contribution in [0.2, 0.25) is 0 Å². The maximum absolute atomic E-state index is 11.6. The molecule has 0 radical (unpaired) electrons. The summed E-state index contributed by atoms with van der Waals surface area (Å²) in [6.07, 6.45) is 5.48. The van der Waals surface area contributed by atoms with E-state index in [1.165, 1.54) is 13.5 Å². The number of hydrogen-bond donors (Lipinski definition) is 1. The fourth-order valence-electron chi connectivity index (χ4n) is 1.85. The fraction of sp³-hybridized carbons (Fsp3) is 0.900. The topological polar surface area (TPSA) is 71.0 Å². The molecule has 1 saturated carbocycles. The van der Waals surface area contributed by atoms with Gasteiger partial charge in [-0.2, -0.15) is 5.01 Å². The number of nitrogens with one attached hydrogen (secondary N) is 1. The third-order valence-corrected chi connectivity index (χ3v) is 2.77. The summed E-state index contributed by atoms with van der Waals surface area (Å²) in [6.45, 7) is 0.502. The van der Waals surface area contributed by atoms with E-state index in [2.05, 4.69) is 10.6 Å². The van der Waals surface area contributed by atoms with Crippen LogP contribution >= 0.6 is 0 Å². The van der Waals surface area contributed by atoms with Crippen molar-refractivity contribution in [3.05, 3.63) is 4.91 Å². The van der Waals surface area contributed by atoms with Crippen LogP contribution in [0.1, 0.15) is 32.1 Å². The minimum atomic E-state index is -0.418. The molecule has 0 aromatic carbocycles. The maximum Gasteiger partial charge on any atom is 0.340 e. The number of nitroso groups, excluding NO2 is 1. The summed E-state index contributed by atoms with van der Waals surface area (Å²) in [5, 5.41) is 6.37. The molecular formula is C10H19N3O3. The average molecular weight is 229 g/mol. The SMILES string of the molecule is COCCN(N=O)C(=O)NC1CCCCC1. The molecule has 1 aliphatic rings. The van der Waals surface area contributed by atoms with Crippen LogP contribution in [0.25, 0.3) is 0 Å². The number of nitrogens with zero attached hydrogens (tertiary/aromatic N) is 2. The third kappa shape index (κ3) is 4.14. The highest BCUT2D eigenvalue weighted by atomic mass is 16.5. The van der Waals surface area contributed by atoms with E-state index >= 15 is 0 Å². The molecule has 1 rings (SSSR count). The Morgan fingerprint density at radius 2 is 2.12 bits per heavy atom. The average Bonchev–Trinajstić information content (AvgIpc) is 2.31. The van der Waals surface area contributed by atoms with Crippen LogP contribution < -0.4 is 5.32 Å². The van der Waals surface area contributed by atoms with E-state index in [0.717, 1.165) is 30.7 Å². The van der Waals surface area contributed by atoms with Crippen molar-refractivity contribution < 1.29 is 9.53 Å². The molecule has 0 bridgehead atoms. The first-order chi connectivity index (χ1) is 7.77. The van der Waals surface area contributed by atoms with Crippen molar-refractivity contribution in [3.8, 4) is 0 Å². The van der Waals surface area contributed by atoms with Crippen LogP contribution in [0.5, 0.6) is 0 Å². The molecule has 1 fully saturated rings. The molecule has 0 aromatic heterocycles. The summed E-state index contributed by atoms with van der Waals surface area (Å²) in [5.41, 5.74) is 0. The van der Waals surface area contributed by atoms with Gasteiger partial charge in [-0.15, -0.1) is 4.91 Å². The highest BCUT2D eigenvalue weighted by Crippen LogP contribution is 2.17. The maximum atomic E-state index is 11.6. The summed E-state index contributed by atoms with van der Waals surface area (Å²) in [5.74, 6) is 0. The van der Waals surface area contributed by atoms with E-state index < -0.39 is 6.03 Å². The number of amides is 2. The van der Waals surface area contributed by atoms with Gasteiger partial charge in [0.25, 0.3) is 0 Å². The number of rotatable bonds is 5. The Balaban J connectivity index is 2.32. The Hall–Kier alpha value is -1.17. The van der Waals surface area contributed by atoms with Crippen LogP contribution in [0, 0.1) is 4.91 Å². The minimum Gasteiger partial charge on any atom is -0.383 e. The zero-order chi connectivity index (χ0) is 11.8. The highest BCUT2D eigenvalue weighted by molar-refractivity contribution is 5.74. The summed E-state index contributed by atoms with van der Waals surface area (Å²) < 4.78 is 4.79. The van der Waals surface area contributed by atoms with Crippen molar-refractivity contribution in [1.29, 1.82) is 0 Å². The van der Waals surface area contributed by atoms with E-state index in [1.54, 1.807) is 0 Å². The van der Waals surface area contributed by atoms with Gasteiger partial charge in [0.05, 0.1) is 18.4 Å². The van der Waals surface area contributed by atoms with Gasteiger partial charge in [0.15, 0.2) is 0 Å². The van der Waals surface area contributed by atoms with Crippen molar-refractivity contribution in [2.75, 3.05) is 20.3 Å². The monoisotopic (exact) mass is 229 g/mol. The van der Waals surface area contributed by atoms with Crippen LogP contribution in [0.15, 0.2) is 5.29 Å². The normalized spacial score (nSPS) is 16.8. The molecule has 0 aliphatic heterocycles. The summed E-state index contributed by atoms with van der Waals surface area (Å²) >= 11 is 0. The minimum absolute atomic E-state index is 0.188. The molecule has 1 aliphatic carbocycles.